The SMILES string of the molecule is c1ccc(-c2cc3c4c(cccc4c2-c2ccc4c(c2)C2(c5ccccc5-4)c4ccccc4-c4c2ccc2ccccc42)-c2ccccc2O3)cc1. The van der Waals surface area contributed by atoms with E-state index >= 15 is 0 Å². The van der Waals surface area contributed by atoms with Crippen LogP contribution in [-0.4, -0.2) is 0 Å². The average molecular weight is 659 g/mol. The van der Waals surface area contributed by atoms with Crippen LogP contribution in [0.25, 0.3) is 77.2 Å². The van der Waals surface area contributed by atoms with Crippen molar-refractivity contribution in [1.82, 2.24) is 0 Å². The molecule has 0 N–H and O–H groups in total. The molecular weight excluding hydrogens is 629 g/mol. The lowest BCUT2D eigenvalue weighted by Gasteiger charge is -2.31. The summed E-state index contributed by atoms with van der Waals surface area (Å²) in [7, 11) is 0. The predicted octanol–water partition coefficient (Wildman–Crippen LogP) is 13.4. The summed E-state index contributed by atoms with van der Waals surface area (Å²) >= 11 is 0. The van der Waals surface area contributed by atoms with Gasteiger partial charge in [-0.05, 0) is 107 Å². The first kappa shape index (κ1) is 28.0. The molecule has 1 aliphatic heterocycles. The molecule has 0 bridgehead atoms. The third-order valence-corrected chi connectivity index (χ3v) is 11.9. The van der Waals surface area contributed by atoms with Crippen LogP contribution in [0.3, 0.4) is 0 Å². The van der Waals surface area contributed by atoms with Crippen molar-refractivity contribution in [3.05, 3.63) is 204 Å². The largest absolute Gasteiger partial charge is 0.456 e. The van der Waals surface area contributed by atoms with Crippen LogP contribution in [0.15, 0.2) is 182 Å². The molecule has 0 saturated heterocycles. The minimum absolute atomic E-state index is 0.445. The number of hydrogen-bond acceptors (Lipinski definition) is 1. The van der Waals surface area contributed by atoms with E-state index in [1.54, 1.807) is 0 Å². The van der Waals surface area contributed by atoms with Gasteiger partial charge in [0.05, 0.1) is 5.41 Å². The highest BCUT2D eigenvalue weighted by Gasteiger charge is 2.52. The Labute approximate surface area is 302 Å². The Morgan fingerprint density at radius 3 is 1.88 bits per heavy atom. The average Bonchev–Trinajstić information content (AvgIpc) is 3.68. The Bertz CT molecular complexity index is 2990. The van der Waals surface area contributed by atoms with Gasteiger partial charge in [0.25, 0.3) is 0 Å². The van der Waals surface area contributed by atoms with E-state index in [2.05, 4.69) is 182 Å². The van der Waals surface area contributed by atoms with Crippen molar-refractivity contribution < 1.29 is 4.74 Å². The Morgan fingerprint density at radius 2 is 1.00 bits per heavy atom. The van der Waals surface area contributed by atoms with Gasteiger partial charge in [0.1, 0.15) is 11.5 Å². The van der Waals surface area contributed by atoms with Crippen LogP contribution in [0, 0.1) is 0 Å². The van der Waals surface area contributed by atoms with Crippen molar-refractivity contribution in [2.45, 2.75) is 5.41 Å². The van der Waals surface area contributed by atoms with Crippen molar-refractivity contribution in [3.8, 4) is 67.1 Å². The van der Waals surface area contributed by atoms with Crippen LogP contribution < -0.4 is 4.74 Å². The number of para-hydroxylation sites is 1. The molecule has 12 rings (SSSR count). The summed E-state index contributed by atoms with van der Waals surface area (Å²) < 4.78 is 6.71. The van der Waals surface area contributed by atoms with Crippen LogP contribution in [-0.2, 0) is 5.41 Å². The van der Waals surface area contributed by atoms with E-state index in [0.29, 0.717) is 0 Å². The third-order valence-electron chi connectivity index (χ3n) is 11.9. The Kier molecular flexibility index (Phi) is 5.49. The van der Waals surface area contributed by atoms with Gasteiger partial charge in [-0.2, -0.15) is 0 Å². The summed E-state index contributed by atoms with van der Waals surface area (Å²) in [5.41, 5.74) is 17.4. The lowest BCUT2D eigenvalue weighted by molar-refractivity contribution is 0.487. The highest BCUT2D eigenvalue weighted by atomic mass is 16.5. The monoisotopic (exact) mass is 658 g/mol. The molecule has 9 aromatic carbocycles. The molecule has 1 spiro atoms. The van der Waals surface area contributed by atoms with Crippen molar-refractivity contribution in [2.24, 2.45) is 0 Å². The molecule has 52 heavy (non-hydrogen) atoms. The number of fused-ring (bicyclic) bond motifs is 14. The molecule has 1 unspecified atom stereocenters. The molecule has 1 heteroatoms. The molecule has 0 radical (unpaired) electrons. The van der Waals surface area contributed by atoms with Gasteiger partial charge in [0.15, 0.2) is 0 Å². The molecule has 3 aliphatic rings. The molecular formula is C51H30O. The maximum atomic E-state index is 6.71. The fourth-order valence-electron chi connectivity index (χ4n) is 9.87. The molecule has 0 aromatic heterocycles. The summed E-state index contributed by atoms with van der Waals surface area (Å²) in [6, 6.07) is 67.2. The summed E-state index contributed by atoms with van der Waals surface area (Å²) in [6.45, 7) is 0. The first-order valence-corrected chi connectivity index (χ1v) is 18.1. The fraction of sp³-hybridized carbons (Fsp3) is 0.0196. The first-order valence-electron chi connectivity index (χ1n) is 18.1. The van der Waals surface area contributed by atoms with E-state index in [0.717, 1.165) is 22.4 Å². The number of rotatable bonds is 2. The molecule has 2 aliphatic carbocycles. The van der Waals surface area contributed by atoms with Gasteiger partial charge in [-0.15, -0.1) is 0 Å². The first-order chi connectivity index (χ1) is 25.8. The smallest absolute Gasteiger partial charge is 0.136 e. The van der Waals surface area contributed by atoms with E-state index in [4.69, 9.17) is 4.74 Å². The van der Waals surface area contributed by atoms with Crippen LogP contribution in [0.2, 0.25) is 0 Å². The summed E-state index contributed by atoms with van der Waals surface area (Å²) in [5, 5.41) is 4.94. The molecule has 0 saturated carbocycles. The third kappa shape index (κ3) is 3.48. The van der Waals surface area contributed by atoms with E-state index in [1.165, 1.54) is 88.5 Å². The van der Waals surface area contributed by atoms with Crippen molar-refractivity contribution >= 4 is 21.5 Å². The summed E-state index contributed by atoms with van der Waals surface area (Å²) in [4.78, 5) is 0. The van der Waals surface area contributed by atoms with Gasteiger partial charge in [0, 0.05) is 10.9 Å². The molecule has 9 aromatic rings. The number of hydrogen-bond donors (Lipinski definition) is 0. The standard InChI is InChI=1S/C51H30O/c1-2-13-31(14-3-1)41-30-47-50-38(37-18-8-11-24-46(37)52-47)20-12-21-40(50)48(41)33-25-27-36-35-17-6-9-22-42(35)51(45(36)29-33)43-23-10-7-19-39(43)49-34-16-5-4-15-32(34)26-28-44(49)51/h1-30H. The van der Waals surface area contributed by atoms with E-state index in [9.17, 15) is 0 Å². The lowest BCUT2D eigenvalue weighted by atomic mass is 9.70. The minimum Gasteiger partial charge on any atom is -0.456 e. The number of ether oxygens (including phenoxy) is 1. The van der Waals surface area contributed by atoms with Crippen LogP contribution >= 0.6 is 0 Å². The fourth-order valence-corrected chi connectivity index (χ4v) is 9.87. The summed E-state index contributed by atoms with van der Waals surface area (Å²) in [6.07, 6.45) is 0. The van der Waals surface area contributed by atoms with Crippen LogP contribution in [0.5, 0.6) is 11.5 Å². The van der Waals surface area contributed by atoms with Gasteiger partial charge in [0.2, 0.25) is 0 Å². The van der Waals surface area contributed by atoms with E-state index in [-0.39, 0.29) is 0 Å². The Hall–Kier alpha value is -6.70. The molecule has 0 amide bonds. The predicted molar refractivity (Wildman–Crippen MR) is 214 cm³/mol. The summed E-state index contributed by atoms with van der Waals surface area (Å²) in [5.74, 6) is 1.81. The highest BCUT2D eigenvalue weighted by molar-refractivity contribution is 6.14. The molecule has 1 heterocycles. The van der Waals surface area contributed by atoms with Gasteiger partial charge in [-0.25, -0.2) is 0 Å². The molecule has 0 fully saturated rings. The maximum absolute atomic E-state index is 6.71. The molecule has 1 atom stereocenters. The second kappa shape index (κ2) is 10.2. The van der Waals surface area contributed by atoms with E-state index < -0.39 is 5.41 Å². The number of benzene rings is 9. The minimum atomic E-state index is -0.445. The zero-order chi connectivity index (χ0) is 34.0. The second-order valence-corrected chi connectivity index (χ2v) is 14.3. The van der Waals surface area contributed by atoms with Crippen molar-refractivity contribution in [3.63, 3.8) is 0 Å². The molecule has 240 valence electrons. The highest BCUT2D eigenvalue weighted by Crippen LogP contribution is 2.64. The normalized spacial score (nSPS) is 15.5. The topological polar surface area (TPSA) is 9.23 Å². The Balaban J connectivity index is 1.21. The van der Waals surface area contributed by atoms with Gasteiger partial charge in [-0.1, -0.05) is 164 Å². The molecule has 1 nitrogen and oxygen atoms in total. The van der Waals surface area contributed by atoms with Gasteiger partial charge < -0.3 is 4.74 Å². The zero-order valence-electron chi connectivity index (χ0n) is 28.2. The van der Waals surface area contributed by atoms with Crippen molar-refractivity contribution in [1.29, 1.82) is 0 Å². The van der Waals surface area contributed by atoms with Crippen LogP contribution in [0.1, 0.15) is 22.3 Å². The Morgan fingerprint density at radius 1 is 0.327 bits per heavy atom. The lowest BCUT2D eigenvalue weighted by Crippen LogP contribution is -2.25. The quantitative estimate of drug-likeness (QED) is 0.180. The second-order valence-electron chi connectivity index (χ2n) is 14.3. The van der Waals surface area contributed by atoms with Crippen LogP contribution in [0.4, 0.5) is 0 Å². The maximum Gasteiger partial charge on any atom is 0.136 e. The van der Waals surface area contributed by atoms with Gasteiger partial charge >= 0.3 is 0 Å². The van der Waals surface area contributed by atoms with Crippen molar-refractivity contribution in [2.75, 3.05) is 0 Å². The van der Waals surface area contributed by atoms with E-state index in [1.807, 2.05) is 0 Å². The zero-order valence-corrected chi connectivity index (χ0v) is 28.2. The van der Waals surface area contributed by atoms with Gasteiger partial charge in [-0.3, -0.25) is 0 Å².